The summed E-state index contributed by atoms with van der Waals surface area (Å²) in [5.74, 6) is 0. The van der Waals surface area contributed by atoms with Crippen molar-refractivity contribution in [1.29, 1.82) is 0 Å². The maximum absolute atomic E-state index is 6.41. The molecule has 2 atom stereocenters. The van der Waals surface area contributed by atoms with E-state index in [1.807, 2.05) is 13.8 Å². The van der Waals surface area contributed by atoms with Crippen molar-refractivity contribution < 1.29 is 37.0 Å². The lowest BCUT2D eigenvalue weighted by atomic mass is 9.92. The number of rotatable bonds is 21. The Morgan fingerprint density at radius 3 is 1.68 bits per heavy atom. The van der Waals surface area contributed by atoms with Gasteiger partial charge in [0.1, 0.15) is 6.10 Å². The number of hydrogen-bond acceptors (Lipinski definition) is 8. The maximum Gasteiger partial charge on any atom is 0.566 e. The minimum Gasteiger partial charge on any atom is -0.377 e. The molecule has 0 aromatic heterocycles. The lowest BCUT2D eigenvalue weighted by molar-refractivity contribution is -0.107. The molecule has 1 aliphatic heterocycles. The predicted molar refractivity (Wildman–Crippen MR) is 121 cm³/mol. The molecule has 0 spiro atoms. The fraction of sp³-hybridized carbons (Fsp3) is 0.727. The molecule has 31 heavy (non-hydrogen) atoms. The van der Waals surface area contributed by atoms with Gasteiger partial charge in [0.25, 0.3) is 5.41 Å². The highest BCUT2D eigenvalue weighted by atomic mass is 28.4. The maximum atomic E-state index is 6.41. The summed E-state index contributed by atoms with van der Waals surface area (Å²) in [5, 5.41) is 0. The predicted octanol–water partition coefficient (Wildman–Crippen LogP) is 2.91. The van der Waals surface area contributed by atoms with E-state index in [9.17, 15) is 0 Å². The highest BCUT2D eigenvalue weighted by Crippen LogP contribution is 2.47. The van der Waals surface area contributed by atoms with Gasteiger partial charge < -0.3 is 37.0 Å². The van der Waals surface area contributed by atoms with E-state index in [1.54, 1.807) is 32.4 Å². The van der Waals surface area contributed by atoms with Crippen LogP contribution >= 0.6 is 0 Å². The van der Waals surface area contributed by atoms with Crippen LogP contribution in [0.4, 0.5) is 0 Å². The minimum atomic E-state index is -3.38. The molecule has 0 radical (unpaired) electrons. The summed E-state index contributed by atoms with van der Waals surface area (Å²) in [5.41, 5.74) is -1.65. The standard InChI is InChI=1S/C22H40O8Si/c1-8-12-25-16-21(17-26-13-9-2,18-27-14-10-3)19-29-31(23-6,24-7)22(20(5)30-22)28-15-11-4/h8-10,20H,1-3,11-19H2,4-7H3. The van der Waals surface area contributed by atoms with Crippen LogP contribution in [0.5, 0.6) is 0 Å². The van der Waals surface area contributed by atoms with E-state index >= 15 is 0 Å². The second-order valence-corrected chi connectivity index (χ2v) is 10.4. The quantitative estimate of drug-likeness (QED) is 0.112. The van der Waals surface area contributed by atoms with Crippen LogP contribution in [0.2, 0.25) is 0 Å². The van der Waals surface area contributed by atoms with Crippen molar-refractivity contribution in [3.05, 3.63) is 38.0 Å². The van der Waals surface area contributed by atoms with Gasteiger partial charge in [0, 0.05) is 20.8 Å². The molecule has 0 bridgehead atoms. The topological polar surface area (TPSA) is 77.1 Å². The fourth-order valence-electron chi connectivity index (χ4n) is 3.20. The molecule has 1 aliphatic rings. The first-order valence-electron chi connectivity index (χ1n) is 10.6. The second-order valence-electron chi connectivity index (χ2n) is 7.44. The lowest BCUT2D eigenvalue weighted by Gasteiger charge is -2.38. The molecule has 0 amide bonds. The van der Waals surface area contributed by atoms with Gasteiger partial charge in [0.05, 0.1) is 51.7 Å². The second kappa shape index (κ2) is 14.3. The molecule has 8 nitrogen and oxygen atoms in total. The van der Waals surface area contributed by atoms with Crippen molar-refractivity contribution in [2.45, 2.75) is 31.8 Å². The van der Waals surface area contributed by atoms with Gasteiger partial charge in [-0.25, -0.2) is 0 Å². The van der Waals surface area contributed by atoms with Crippen LogP contribution in [-0.4, -0.2) is 87.4 Å². The molecular weight excluding hydrogens is 420 g/mol. The van der Waals surface area contributed by atoms with E-state index in [0.29, 0.717) is 46.2 Å². The van der Waals surface area contributed by atoms with Gasteiger partial charge in [-0.05, 0) is 13.3 Å². The Balaban J connectivity index is 3.09. The Morgan fingerprint density at radius 2 is 1.35 bits per heavy atom. The van der Waals surface area contributed by atoms with Crippen molar-refractivity contribution >= 4 is 8.80 Å². The van der Waals surface area contributed by atoms with Gasteiger partial charge in [0.2, 0.25) is 0 Å². The molecule has 0 aromatic rings. The van der Waals surface area contributed by atoms with E-state index in [2.05, 4.69) is 19.7 Å². The summed E-state index contributed by atoms with van der Waals surface area (Å²) < 4.78 is 47.3. The Kier molecular flexibility index (Phi) is 13.0. The zero-order valence-corrected chi connectivity index (χ0v) is 20.6. The zero-order chi connectivity index (χ0) is 23.2. The molecule has 1 fully saturated rings. The molecule has 0 saturated carbocycles. The van der Waals surface area contributed by atoms with Gasteiger partial charge in [0.15, 0.2) is 0 Å². The highest BCUT2D eigenvalue weighted by molar-refractivity contribution is 6.64. The molecule has 9 heteroatoms. The monoisotopic (exact) mass is 460 g/mol. The third kappa shape index (κ3) is 7.59. The Hall–Kier alpha value is -0.883. The molecule has 1 heterocycles. The summed E-state index contributed by atoms with van der Waals surface area (Å²) in [6, 6.07) is 0. The third-order valence-electron chi connectivity index (χ3n) is 4.81. The van der Waals surface area contributed by atoms with Gasteiger partial charge in [-0.15, -0.1) is 19.7 Å². The molecule has 0 aliphatic carbocycles. The molecule has 2 unspecified atom stereocenters. The summed E-state index contributed by atoms with van der Waals surface area (Å²) in [6.07, 6.45) is 5.71. The van der Waals surface area contributed by atoms with Crippen molar-refractivity contribution in [3.63, 3.8) is 0 Å². The third-order valence-corrected chi connectivity index (χ3v) is 7.94. The van der Waals surface area contributed by atoms with Crippen LogP contribution in [0, 0.1) is 5.41 Å². The normalized spacial score (nSPS) is 21.1. The van der Waals surface area contributed by atoms with Crippen LogP contribution in [0.3, 0.4) is 0 Å². The Morgan fingerprint density at radius 1 is 0.903 bits per heavy atom. The molecule has 1 saturated heterocycles. The van der Waals surface area contributed by atoms with Crippen LogP contribution in [-0.2, 0) is 37.0 Å². The van der Waals surface area contributed by atoms with E-state index in [4.69, 9.17) is 37.0 Å². The number of epoxide rings is 1. The van der Waals surface area contributed by atoms with E-state index in [-0.39, 0.29) is 12.7 Å². The Labute approximate surface area is 188 Å². The first kappa shape index (κ1) is 28.2. The first-order chi connectivity index (χ1) is 14.9. The minimum absolute atomic E-state index is 0.194. The van der Waals surface area contributed by atoms with E-state index in [0.717, 1.165) is 6.42 Å². The van der Waals surface area contributed by atoms with Crippen molar-refractivity contribution in [2.24, 2.45) is 5.41 Å². The van der Waals surface area contributed by atoms with Crippen LogP contribution in [0.15, 0.2) is 38.0 Å². The highest BCUT2D eigenvalue weighted by Gasteiger charge is 2.77. The molecule has 0 N–H and O–H groups in total. The van der Waals surface area contributed by atoms with Crippen molar-refractivity contribution in [1.82, 2.24) is 0 Å². The van der Waals surface area contributed by atoms with Crippen LogP contribution in [0.1, 0.15) is 20.3 Å². The molecule has 1 rings (SSSR count). The van der Waals surface area contributed by atoms with Crippen LogP contribution in [0.25, 0.3) is 0 Å². The summed E-state index contributed by atoms with van der Waals surface area (Å²) in [6.45, 7) is 17.9. The van der Waals surface area contributed by atoms with Crippen LogP contribution < -0.4 is 0 Å². The zero-order valence-electron chi connectivity index (χ0n) is 19.6. The lowest BCUT2D eigenvalue weighted by Crippen LogP contribution is -2.62. The van der Waals surface area contributed by atoms with Crippen molar-refractivity contribution in [2.75, 3.05) is 67.1 Å². The van der Waals surface area contributed by atoms with Gasteiger partial charge >= 0.3 is 8.80 Å². The van der Waals surface area contributed by atoms with Gasteiger partial charge in [-0.3, -0.25) is 0 Å². The van der Waals surface area contributed by atoms with Gasteiger partial charge in [-0.1, -0.05) is 25.2 Å². The van der Waals surface area contributed by atoms with E-state index in [1.165, 1.54) is 0 Å². The molecular formula is C22H40O8Si. The average molecular weight is 461 g/mol. The average Bonchev–Trinajstić information content (AvgIpc) is 3.44. The molecule has 180 valence electrons. The largest absolute Gasteiger partial charge is 0.566 e. The van der Waals surface area contributed by atoms with E-state index < -0.39 is 19.6 Å². The number of hydrogen-bond donors (Lipinski definition) is 0. The SMILES string of the molecule is C=CCOCC(COCC=C)(COCC=C)CO[Si](OC)(OC)C1(OCCC)OC1C. The van der Waals surface area contributed by atoms with Gasteiger partial charge in [-0.2, -0.15) is 0 Å². The summed E-state index contributed by atoms with van der Waals surface area (Å²) >= 11 is 0. The summed E-state index contributed by atoms with van der Waals surface area (Å²) in [4.78, 5) is 0. The fourth-order valence-corrected chi connectivity index (χ4v) is 5.97. The van der Waals surface area contributed by atoms with Crippen molar-refractivity contribution in [3.8, 4) is 0 Å². The smallest absolute Gasteiger partial charge is 0.377 e. The molecule has 0 aromatic carbocycles. The summed E-state index contributed by atoms with van der Waals surface area (Å²) in [7, 11) is -0.274. The first-order valence-corrected chi connectivity index (χ1v) is 12.3. The number of ether oxygens (including phenoxy) is 5. The Bertz CT molecular complexity index is 504.